The third kappa shape index (κ3) is 2.31. The van der Waals surface area contributed by atoms with Crippen molar-refractivity contribution in [1.29, 1.82) is 0 Å². The van der Waals surface area contributed by atoms with E-state index in [9.17, 15) is 9.59 Å². The quantitative estimate of drug-likeness (QED) is 0.667. The molecule has 0 aromatic heterocycles. The van der Waals surface area contributed by atoms with Crippen LogP contribution in [0.4, 0.5) is 0 Å². The molecule has 3 saturated heterocycles. The molecule has 0 unspecified atom stereocenters. The molecule has 0 radical (unpaired) electrons. The first-order valence-electron chi connectivity index (χ1n) is 7.55. The van der Waals surface area contributed by atoms with Gasteiger partial charge in [0.15, 0.2) is 0 Å². The fraction of sp³-hybridized carbons (Fsp3) is 0.857. The molecule has 3 heterocycles. The minimum Gasteiger partial charge on any atom is -0.338 e. The van der Waals surface area contributed by atoms with Crippen LogP contribution in [0, 0.1) is 5.92 Å². The summed E-state index contributed by atoms with van der Waals surface area (Å²) in [4.78, 5) is 30.7. The van der Waals surface area contributed by atoms with Crippen molar-refractivity contribution < 1.29 is 9.59 Å². The Morgan fingerprint density at radius 1 is 1.10 bits per heavy atom. The zero-order valence-electron chi connectivity index (χ0n) is 12.3. The SMILES string of the molecule is CC(=O)N1[C@@H]2CNC[C@@H]2C[C@H]1C(=O)N1CCN(C)CC1. The Morgan fingerprint density at radius 3 is 2.45 bits per heavy atom. The van der Waals surface area contributed by atoms with Gasteiger partial charge in [0.05, 0.1) is 0 Å². The lowest BCUT2D eigenvalue weighted by molar-refractivity contribution is -0.145. The Balaban J connectivity index is 1.72. The van der Waals surface area contributed by atoms with Crippen LogP contribution in [0.25, 0.3) is 0 Å². The number of rotatable bonds is 1. The van der Waals surface area contributed by atoms with Gasteiger partial charge in [-0.05, 0) is 19.4 Å². The fourth-order valence-electron chi connectivity index (χ4n) is 3.83. The van der Waals surface area contributed by atoms with Crippen LogP contribution in [-0.2, 0) is 9.59 Å². The predicted octanol–water partition coefficient (Wildman–Crippen LogP) is -1.03. The summed E-state index contributed by atoms with van der Waals surface area (Å²) in [5.41, 5.74) is 0. The van der Waals surface area contributed by atoms with Crippen LogP contribution in [-0.4, -0.2) is 84.9 Å². The third-order valence-electron chi connectivity index (χ3n) is 4.99. The van der Waals surface area contributed by atoms with Gasteiger partial charge in [0, 0.05) is 52.2 Å². The van der Waals surface area contributed by atoms with Crippen molar-refractivity contribution >= 4 is 11.8 Å². The van der Waals surface area contributed by atoms with Gasteiger partial charge in [-0.25, -0.2) is 0 Å². The van der Waals surface area contributed by atoms with Gasteiger partial charge in [0.25, 0.3) is 0 Å². The molecule has 0 aromatic carbocycles. The maximum atomic E-state index is 12.7. The van der Waals surface area contributed by atoms with E-state index in [4.69, 9.17) is 0 Å². The van der Waals surface area contributed by atoms with Crippen LogP contribution in [0.5, 0.6) is 0 Å². The van der Waals surface area contributed by atoms with Crippen molar-refractivity contribution in [2.24, 2.45) is 5.92 Å². The molecule has 2 amide bonds. The van der Waals surface area contributed by atoms with Gasteiger partial charge in [0.1, 0.15) is 6.04 Å². The molecule has 0 spiro atoms. The summed E-state index contributed by atoms with van der Waals surface area (Å²) in [6, 6.07) is -0.0121. The summed E-state index contributed by atoms with van der Waals surface area (Å²) in [6.07, 6.45) is 0.822. The van der Waals surface area contributed by atoms with Gasteiger partial charge in [0.2, 0.25) is 11.8 Å². The summed E-state index contributed by atoms with van der Waals surface area (Å²) in [5.74, 6) is 0.636. The Kier molecular flexibility index (Phi) is 3.69. The molecule has 0 aliphatic carbocycles. The van der Waals surface area contributed by atoms with Crippen molar-refractivity contribution in [2.75, 3.05) is 46.3 Å². The Morgan fingerprint density at radius 2 is 1.80 bits per heavy atom. The van der Waals surface area contributed by atoms with E-state index in [1.807, 2.05) is 9.80 Å². The lowest BCUT2D eigenvalue weighted by Crippen LogP contribution is -2.55. The van der Waals surface area contributed by atoms with Crippen LogP contribution < -0.4 is 5.32 Å². The zero-order chi connectivity index (χ0) is 14.3. The second-order valence-corrected chi connectivity index (χ2v) is 6.29. The second-order valence-electron chi connectivity index (χ2n) is 6.29. The van der Waals surface area contributed by atoms with E-state index < -0.39 is 0 Å². The van der Waals surface area contributed by atoms with Crippen molar-refractivity contribution in [2.45, 2.75) is 25.4 Å². The highest BCUT2D eigenvalue weighted by atomic mass is 16.2. The summed E-state index contributed by atoms with van der Waals surface area (Å²) in [6.45, 7) is 6.76. The van der Waals surface area contributed by atoms with Crippen molar-refractivity contribution in [3.8, 4) is 0 Å². The summed E-state index contributed by atoms with van der Waals surface area (Å²) in [7, 11) is 2.08. The smallest absolute Gasteiger partial charge is 0.245 e. The van der Waals surface area contributed by atoms with Gasteiger partial charge in [-0.15, -0.1) is 0 Å². The number of hydrogen-bond acceptors (Lipinski definition) is 4. The first kappa shape index (κ1) is 13.8. The maximum absolute atomic E-state index is 12.7. The number of nitrogens with zero attached hydrogens (tertiary/aromatic N) is 3. The van der Waals surface area contributed by atoms with E-state index >= 15 is 0 Å². The van der Waals surface area contributed by atoms with Crippen molar-refractivity contribution in [1.82, 2.24) is 20.0 Å². The number of piperazine rings is 1. The zero-order valence-corrected chi connectivity index (χ0v) is 12.3. The van der Waals surface area contributed by atoms with Crippen molar-refractivity contribution in [3.05, 3.63) is 0 Å². The topological polar surface area (TPSA) is 55.9 Å². The van der Waals surface area contributed by atoms with E-state index in [0.717, 1.165) is 45.7 Å². The van der Waals surface area contributed by atoms with Gasteiger partial charge in [-0.3, -0.25) is 9.59 Å². The number of likely N-dealkylation sites (N-methyl/N-ethyl adjacent to an activating group) is 1. The lowest BCUT2D eigenvalue weighted by Gasteiger charge is -2.36. The average Bonchev–Trinajstić information content (AvgIpc) is 2.97. The van der Waals surface area contributed by atoms with Gasteiger partial charge in [-0.1, -0.05) is 0 Å². The third-order valence-corrected chi connectivity index (χ3v) is 4.99. The highest BCUT2D eigenvalue weighted by Crippen LogP contribution is 2.33. The van der Waals surface area contributed by atoms with Crippen molar-refractivity contribution in [3.63, 3.8) is 0 Å². The highest BCUT2D eigenvalue weighted by molar-refractivity contribution is 5.88. The molecule has 1 N–H and O–H groups in total. The number of carbonyl (C=O) groups is 2. The van der Waals surface area contributed by atoms with E-state index in [0.29, 0.717) is 5.92 Å². The first-order chi connectivity index (χ1) is 9.58. The largest absolute Gasteiger partial charge is 0.338 e. The fourth-order valence-corrected chi connectivity index (χ4v) is 3.83. The number of nitrogens with one attached hydrogen (secondary N) is 1. The highest BCUT2D eigenvalue weighted by Gasteiger charge is 2.48. The average molecular weight is 280 g/mol. The number of amides is 2. The van der Waals surface area contributed by atoms with Crippen LogP contribution in [0.2, 0.25) is 0 Å². The molecule has 0 saturated carbocycles. The number of likely N-dealkylation sites (tertiary alicyclic amines) is 1. The molecular formula is C14H24N4O2. The van der Waals surface area contributed by atoms with Crippen LogP contribution in [0.3, 0.4) is 0 Å². The lowest BCUT2D eigenvalue weighted by atomic mass is 10.0. The van der Waals surface area contributed by atoms with Crippen LogP contribution in [0.1, 0.15) is 13.3 Å². The molecular weight excluding hydrogens is 256 g/mol. The molecule has 6 heteroatoms. The van der Waals surface area contributed by atoms with Gasteiger partial charge in [-0.2, -0.15) is 0 Å². The molecule has 3 atom stereocenters. The standard InChI is InChI=1S/C14H24N4O2/c1-10(19)18-12(7-11-8-15-9-13(11)18)14(20)17-5-3-16(2)4-6-17/h11-13,15H,3-9H2,1-2H3/t11-,12-,13+/m0/s1. The molecule has 3 aliphatic heterocycles. The van der Waals surface area contributed by atoms with E-state index in [1.165, 1.54) is 0 Å². The normalized spacial score (nSPS) is 34.4. The monoisotopic (exact) mass is 280 g/mol. The Labute approximate surface area is 120 Å². The molecule has 3 rings (SSSR count). The predicted molar refractivity (Wildman–Crippen MR) is 75.1 cm³/mol. The second kappa shape index (κ2) is 5.33. The van der Waals surface area contributed by atoms with Crippen LogP contribution >= 0.6 is 0 Å². The minimum absolute atomic E-state index is 0.0358. The number of hydrogen-bond donors (Lipinski definition) is 1. The molecule has 3 aliphatic rings. The Hall–Kier alpha value is -1.14. The molecule has 0 aromatic rings. The summed E-state index contributed by atoms with van der Waals surface area (Å²) < 4.78 is 0. The molecule has 112 valence electrons. The molecule has 3 fully saturated rings. The molecule has 20 heavy (non-hydrogen) atoms. The Bertz CT molecular complexity index is 406. The van der Waals surface area contributed by atoms with Crippen LogP contribution in [0.15, 0.2) is 0 Å². The maximum Gasteiger partial charge on any atom is 0.245 e. The minimum atomic E-state index is -0.229. The number of fused-ring (bicyclic) bond motifs is 1. The molecule has 0 bridgehead atoms. The van der Waals surface area contributed by atoms with E-state index in [-0.39, 0.29) is 23.9 Å². The van der Waals surface area contributed by atoms with Gasteiger partial charge >= 0.3 is 0 Å². The number of carbonyl (C=O) groups excluding carboxylic acids is 2. The first-order valence-corrected chi connectivity index (χ1v) is 7.55. The summed E-state index contributed by atoms with van der Waals surface area (Å²) >= 11 is 0. The molecule has 6 nitrogen and oxygen atoms in total. The van der Waals surface area contributed by atoms with E-state index in [2.05, 4.69) is 17.3 Å². The van der Waals surface area contributed by atoms with Gasteiger partial charge < -0.3 is 20.0 Å². The van der Waals surface area contributed by atoms with E-state index in [1.54, 1.807) is 6.92 Å². The summed E-state index contributed by atoms with van der Waals surface area (Å²) in [5, 5.41) is 3.33.